The van der Waals surface area contributed by atoms with Crippen LogP contribution in [0.2, 0.25) is 0 Å². The molecule has 150 valence electrons. The summed E-state index contributed by atoms with van der Waals surface area (Å²) >= 11 is 0. The lowest BCUT2D eigenvalue weighted by Crippen LogP contribution is -2.32. The lowest BCUT2D eigenvalue weighted by atomic mass is 9.82. The van der Waals surface area contributed by atoms with Gasteiger partial charge in [0.2, 0.25) is 0 Å². The van der Waals surface area contributed by atoms with Crippen molar-refractivity contribution >= 4 is 0 Å². The quantitative estimate of drug-likeness (QED) is 0.456. The molecule has 0 bridgehead atoms. The van der Waals surface area contributed by atoms with Crippen molar-refractivity contribution in [1.29, 1.82) is 0 Å². The summed E-state index contributed by atoms with van der Waals surface area (Å²) in [6.07, 6.45) is 17.6. The Morgan fingerprint density at radius 2 is 1.70 bits per heavy atom. The van der Waals surface area contributed by atoms with Gasteiger partial charge in [-0.3, -0.25) is 0 Å². The van der Waals surface area contributed by atoms with Gasteiger partial charge in [-0.05, 0) is 87.9 Å². The van der Waals surface area contributed by atoms with Gasteiger partial charge in [-0.1, -0.05) is 55.5 Å². The largest absolute Gasteiger partial charge is 0.312 e. The molecule has 0 aromatic rings. The molecule has 27 heavy (non-hydrogen) atoms. The van der Waals surface area contributed by atoms with Crippen LogP contribution >= 0.6 is 0 Å². The summed E-state index contributed by atoms with van der Waals surface area (Å²) in [7, 11) is 0. The van der Waals surface area contributed by atoms with Gasteiger partial charge in [-0.25, -0.2) is 0 Å². The summed E-state index contributed by atoms with van der Waals surface area (Å²) in [5, 5.41) is 7.36. The van der Waals surface area contributed by atoms with E-state index in [2.05, 4.69) is 55.9 Å². The maximum atomic E-state index is 4.16. The Balaban J connectivity index is 1.60. The first-order valence-corrected chi connectivity index (χ1v) is 10.9. The highest BCUT2D eigenvalue weighted by Gasteiger charge is 2.20. The molecule has 0 spiro atoms. The SMILES string of the molecule is C=C/C=C(/CNCC1CCC(CNCC2=CCCC=C2C)CC1)C(=C)CC. The smallest absolute Gasteiger partial charge is 0.0208 e. The van der Waals surface area contributed by atoms with Gasteiger partial charge in [0, 0.05) is 13.1 Å². The molecule has 2 rings (SSSR count). The fraction of sp³-hybridized carbons (Fsp3) is 0.600. The van der Waals surface area contributed by atoms with Gasteiger partial charge >= 0.3 is 0 Å². The van der Waals surface area contributed by atoms with Crippen molar-refractivity contribution in [2.24, 2.45) is 11.8 Å². The van der Waals surface area contributed by atoms with Gasteiger partial charge in [0.05, 0.1) is 0 Å². The lowest BCUT2D eigenvalue weighted by Gasteiger charge is -2.29. The fourth-order valence-corrected chi connectivity index (χ4v) is 4.19. The minimum absolute atomic E-state index is 0.826. The standard InChI is InChI=1S/C25H40N2/c1-5-9-24(20(3)6-2)18-26-16-22-12-14-23(15-13-22)17-27-19-25-11-8-7-10-21(25)4/h5,9-11,22-23,26-27H,1,3,6-8,12-19H2,2,4H3/b24-9-. The predicted molar refractivity (Wildman–Crippen MR) is 120 cm³/mol. The zero-order chi connectivity index (χ0) is 19.5. The summed E-state index contributed by atoms with van der Waals surface area (Å²) in [6, 6.07) is 0. The van der Waals surface area contributed by atoms with Crippen molar-refractivity contribution in [1.82, 2.24) is 10.6 Å². The van der Waals surface area contributed by atoms with Crippen LogP contribution in [0.1, 0.15) is 58.8 Å². The van der Waals surface area contributed by atoms with Crippen LogP contribution in [-0.2, 0) is 0 Å². The first-order valence-electron chi connectivity index (χ1n) is 10.9. The van der Waals surface area contributed by atoms with Gasteiger partial charge in [0.15, 0.2) is 0 Å². The van der Waals surface area contributed by atoms with Crippen molar-refractivity contribution in [3.05, 3.63) is 59.8 Å². The van der Waals surface area contributed by atoms with Crippen LogP contribution in [0, 0.1) is 11.8 Å². The van der Waals surface area contributed by atoms with Crippen molar-refractivity contribution in [2.45, 2.75) is 58.8 Å². The molecule has 0 aromatic carbocycles. The molecule has 0 radical (unpaired) electrons. The van der Waals surface area contributed by atoms with Gasteiger partial charge in [-0.2, -0.15) is 0 Å². The monoisotopic (exact) mass is 368 g/mol. The molecular weight excluding hydrogens is 328 g/mol. The molecule has 0 saturated heterocycles. The third kappa shape index (κ3) is 7.63. The van der Waals surface area contributed by atoms with Crippen LogP contribution in [0.5, 0.6) is 0 Å². The van der Waals surface area contributed by atoms with E-state index in [4.69, 9.17) is 0 Å². The van der Waals surface area contributed by atoms with Crippen molar-refractivity contribution in [3.63, 3.8) is 0 Å². The van der Waals surface area contributed by atoms with E-state index in [0.29, 0.717) is 0 Å². The zero-order valence-electron chi connectivity index (χ0n) is 17.7. The fourth-order valence-electron chi connectivity index (χ4n) is 4.19. The molecule has 2 nitrogen and oxygen atoms in total. The van der Waals surface area contributed by atoms with E-state index < -0.39 is 0 Å². The average molecular weight is 369 g/mol. The van der Waals surface area contributed by atoms with Crippen LogP contribution in [0.3, 0.4) is 0 Å². The molecule has 2 aliphatic carbocycles. The second-order valence-electron chi connectivity index (χ2n) is 8.23. The summed E-state index contributed by atoms with van der Waals surface area (Å²) in [6.45, 7) is 16.7. The first-order chi connectivity index (χ1) is 13.1. The number of hydrogen-bond donors (Lipinski definition) is 2. The molecule has 2 N–H and O–H groups in total. The van der Waals surface area contributed by atoms with Crippen LogP contribution in [0.25, 0.3) is 0 Å². The van der Waals surface area contributed by atoms with Crippen LogP contribution in [0.15, 0.2) is 59.8 Å². The minimum Gasteiger partial charge on any atom is -0.312 e. The number of nitrogens with one attached hydrogen (secondary N) is 2. The van der Waals surface area contributed by atoms with Crippen molar-refractivity contribution in [2.75, 3.05) is 26.2 Å². The molecule has 2 heteroatoms. The Kier molecular flexibility index (Phi) is 9.86. The summed E-state index contributed by atoms with van der Waals surface area (Å²) < 4.78 is 0. The lowest BCUT2D eigenvalue weighted by molar-refractivity contribution is 0.264. The van der Waals surface area contributed by atoms with E-state index in [9.17, 15) is 0 Å². The summed E-state index contributed by atoms with van der Waals surface area (Å²) in [5.74, 6) is 1.68. The molecule has 0 aromatic heterocycles. The molecule has 0 aliphatic heterocycles. The molecule has 2 aliphatic rings. The first kappa shape index (κ1) is 21.9. The van der Waals surface area contributed by atoms with E-state index in [0.717, 1.165) is 37.9 Å². The highest BCUT2D eigenvalue weighted by molar-refractivity contribution is 5.33. The van der Waals surface area contributed by atoms with Crippen LogP contribution in [-0.4, -0.2) is 26.2 Å². The Morgan fingerprint density at radius 3 is 2.30 bits per heavy atom. The van der Waals surface area contributed by atoms with E-state index in [-0.39, 0.29) is 0 Å². The predicted octanol–water partition coefficient (Wildman–Crippen LogP) is 5.72. The van der Waals surface area contributed by atoms with Gasteiger partial charge in [0.25, 0.3) is 0 Å². The third-order valence-corrected chi connectivity index (χ3v) is 6.18. The maximum absolute atomic E-state index is 4.16. The second-order valence-corrected chi connectivity index (χ2v) is 8.23. The molecule has 0 heterocycles. The highest BCUT2D eigenvalue weighted by Crippen LogP contribution is 2.28. The Hall–Kier alpha value is -1.38. The molecular formula is C25H40N2. The van der Waals surface area contributed by atoms with Crippen molar-refractivity contribution in [3.8, 4) is 0 Å². The minimum atomic E-state index is 0.826. The molecule has 1 saturated carbocycles. The summed E-state index contributed by atoms with van der Waals surface area (Å²) in [5.41, 5.74) is 5.50. The molecule has 0 amide bonds. The Morgan fingerprint density at radius 1 is 1.07 bits per heavy atom. The van der Waals surface area contributed by atoms with Gasteiger partial charge < -0.3 is 10.6 Å². The average Bonchev–Trinajstić information content (AvgIpc) is 2.69. The van der Waals surface area contributed by atoms with Gasteiger partial charge in [0.1, 0.15) is 0 Å². The Labute approximate surface area is 167 Å². The van der Waals surface area contributed by atoms with E-state index >= 15 is 0 Å². The maximum Gasteiger partial charge on any atom is 0.0208 e. The highest BCUT2D eigenvalue weighted by atomic mass is 14.9. The second kappa shape index (κ2) is 12.2. The zero-order valence-corrected chi connectivity index (χ0v) is 17.7. The molecule has 1 fully saturated rings. The molecule has 0 unspecified atom stereocenters. The van der Waals surface area contributed by atoms with Gasteiger partial charge in [-0.15, -0.1) is 0 Å². The van der Waals surface area contributed by atoms with Crippen LogP contribution < -0.4 is 10.6 Å². The number of hydrogen-bond acceptors (Lipinski definition) is 2. The normalized spacial score (nSPS) is 23.6. The number of allylic oxidation sites excluding steroid dienone is 4. The van der Waals surface area contributed by atoms with E-state index in [1.807, 2.05) is 6.08 Å². The van der Waals surface area contributed by atoms with Crippen molar-refractivity contribution < 1.29 is 0 Å². The third-order valence-electron chi connectivity index (χ3n) is 6.18. The topological polar surface area (TPSA) is 24.1 Å². The van der Waals surface area contributed by atoms with E-state index in [1.165, 1.54) is 67.4 Å². The number of rotatable bonds is 11. The molecule has 0 atom stereocenters. The Bertz CT molecular complexity index is 571. The van der Waals surface area contributed by atoms with Crippen LogP contribution in [0.4, 0.5) is 0 Å². The summed E-state index contributed by atoms with van der Waals surface area (Å²) in [4.78, 5) is 0. The van der Waals surface area contributed by atoms with E-state index in [1.54, 1.807) is 0 Å².